The molecule has 7 nitrogen and oxygen atoms in total. The monoisotopic (exact) mass is 289 g/mol. The van der Waals surface area contributed by atoms with Gasteiger partial charge >= 0.3 is 0 Å². The zero-order valence-electron chi connectivity index (χ0n) is 9.81. The molecule has 2 rings (SSSR count). The lowest BCUT2D eigenvalue weighted by atomic mass is 10.3. The first-order valence-corrected chi connectivity index (χ1v) is 7.60. The van der Waals surface area contributed by atoms with E-state index in [1.165, 1.54) is 6.26 Å². The van der Waals surface area contributed by atoms with Crippen molar-refractivity contribution in [2.75, 3.05) is 17.3 Å². The molecule has 9 heteroatoms. The molecule has 0 fully saturated rings. The number of nitrogens with one attached hydrogen (secondary N) is 2. The Morgan fingerprint density at radius 3 is 2.89 bits per heavy atom. The molecule has 2 aromatic heterocycles. The largest absolute Gasteiger partial charge is 0.366 e. The van der Waals surface area contributed by atoms with E-state index >= 15 is 0 Å². The molecule has 2 N–H and O–H groups in total. The third-order valence-electron chi connectivity index (χ3n) is 2.22. The third-order valence-corrected chi connectivity index (χ3v) is 3.49. The lowest BCUT2D eigenvalue weighted by Gasteiger charge is -2.13. The van der Waals surface area contributed by atoms with Gasteiger partial charge in [0, 0.05) is 12.3 Å². The van der Waals surface area contributed by atoms with Gasteiger partial charge in [0.05, 0.1) is 17.3 Å². The normalized spacial score (nSPS) is 13.7. The number of nitrogens with zero attached hydrogens (tertiary/aromatic N) is 3. The summed E-state index contributed by atoms with van der Waals surface area (Å²) in [5.41, 5.74) is 0.504. The minimum atomic E-state index is -3.06. The van der Waals surface area contributed by atoms with Gasteiger partial charge in [-0.15, -0.1) is 0 Å². The molecule has 0 aliphatic carbocycles. The van der Waals surface area contributed by atoms with Gasteiger partial charge in [0.2, 0.25) is 5.28 Å². The molecule has 0 radical (unpaired) electrons. The fraction of sp³-hybridized carbons (Fsp3) is 0.444. The lowest BCUT2D eigenvalue weighted by molar-refractivity contribution is 0.598. The molecule has 0 aliphatic rings. The number of halogens is 1. The standard InChI is InChI=1S/C9H12ClN5O2S/c1-5(4-18(2,16)17)12-7-6-3-11-15-8(6)14-9(10)13-7/h3,5H,4H2,1-2H3,(H2,11,12,13,14,15). The number of fused-ring (bicyclic) bond motifs is 1. The van der Waals surface area contributed by atoms with E-state index in [0.29, 0.717) is 16.9 Å². The molecule has 0 saturated carbocycles. The number of hydrogen-bond acceptors (Lipinski definition) is 6. The van der Waals surface area contributed by atoms with Crippen molar-refractivity contribution in [2.45, 2.75) is 13.0 Å². The van der Waals surface area contributed by atoms with Crippen LogP contribution in [0.2, 0.25) is 5.28 Å². The highest BCUT2D eigenvalue weighted by Gasteiger charge is 2.14. The molecule has 0 aliphatic heterocycles. The minimum Gasteiger partial charge on any atom is -0.366 e. The van der Waals surface area contributed by atoms with Crippen LogP contribution in [0.1, 0.15) is 6.92 Å². The van der Waals surface area contributed by atoms with E-state index in [9.17, 15) is 8.42 Å². The smallest absolute Gasteiger partial charge is 0.226 e. The summed E-state index contributed by atoms with van der Waals surface area (Å²) in [5.74, 6) is 0.475. The van der Waals surface area contributed by atoms with Crippen LogP contribution in [0.25, 0.3) is 11.0 Å². The van der Waals surface area contributed by atoms with Crippen molar-refractivity contribution in [2.24, 2.45) is 0 Å². The van der Waals surface area contributed by atoms with Gasteiger partial charge < -0.3 is 5.32 Å². The first kappa shape index (κ1) is 13.0. The highest BCUT2D eigenvalue weighted by atomic mass is 35.5. The Morgan fingerprint density at radius 1 is 1.50 bits per heavy atom. The maximum atomic E-state index is 11.2. The molecular weight excluding hydrogens is 278 g/mol. The van der Waals surface area contributed by atoms with Crippen LogP contribution in [0.15, 0.2) is 6.20 Å². The van der Waals surface area contributed by atoms with Crippen LogP contribution < -0.4 is 5.32 Å². The van der Waals surface area contributed by atoms with Gasteiger partial charge in [0.1, 0.15) is 15.7 Å². The van der Waals surface area contributed by atoms with E-state index in [2.05, 4.69) is 25.5 Å². The van der Waals surface area contributed by atoms with Crippen molar-refractivity contribution < 1.29 is 8.42 Å². The average Bonchev–Trinajstić information content (AvgIpc) is 2.61. The molecule has 2 heterocycles. The summed E-state index contributed by atoms with van der Waals surface area (Å²) in [6.07, 6.45) is 2.74. The van der Waals surface area contributed by atoms with Crippen molar-refractivity contribution in [1.29, 1.82) is 0 Å². The van der Waals surface area contributed by atoms with E-state index in [-0.39, 0.29) is 17.1 Å². The highest BCUT2D eigenvalue weighted by Crippen LogP contribution is 2.20. The Balaban J connectivity index is 2.28. The van der Waals surface area contributed by atoms with Gasteiger partial charge in [-0.25, -0.2) is 8.42 Å². The van der Waals surface area contributed by atoms with Crippen LogP contribution in [0, 0.1) is 0 Å². The first-order chi connectivity index (χ1) is 8.35. The summed E-state index contributed by atoms with van der Waals surface area (Å²) in [6.45, 7) is 1.75. The topological polar surface area (TPSA) is 101 Å². The predicted octanol–water partition coefficient (Wildman–Crippen LogP) is 0.851. The average molecular weight is 290 g/mol. The van der Waals surface area contributed by atoms with Gasteiger partial charge in [-0.1, -0.05) is 0 Å². The summed E-state index contributed by atoms with van der Waals surface area (Å²) >= 11 is 5.77. The molecule has 0 amide bonds. The van der Waals surface area contributed by atoms with Crippen molar-refractivity contribution in [3.63, 3.8) is 0 Å². The molecule has 1 atom stereocenters. The number of sulfone groups is 1. The van der Waals surface area contributed by atoms with Gasteiger partial charge in [0.25, 0.3) is 0 Å². The van der Waals surface area contributed by atoms with Crippen molar-refractivity contribution >= 4 is 38.3 Å². The predicted molar refractivity (Wildman–Crippen MR) is 69.5 cm³/mol. The summed E-state index contributed by atoms with van der Waals surface area (Å²) < 4.78 is 22.4. The Bertz CT molecular complexity index is 669. The van der Waals surface area contributed by atoms with Crippen molar-refractivity contribution in [1.82, 2.24) is 20.2 Å². The molecule has 0 aromatic carbocycles. The summed E-state index contributed by atoms with van der Waals surface area (Å²) in [5, 5.41) is 10.2. The van der Waals surface area contributed by atoms with Crippen LogP contribution >= 0.6 is 11.6 Å². The second-order valence-corrected chi connectivity index (χ2v) is 6.63. The van der Waals surface area contributed by atoms with Gasteiger partial charge in [-0.3, -0.25) is 5.10 Å². The maximum absolute atomic E-state index is 11.2. The lowest BCUT2D eigenvalue weighted by Crippen LogP contribution is -2.25. The van der Waals surface area contributed by atoms with Crippen LogP contribution in [0.3, 0.4) is 0 Å². The summed E-state index contributed by atoms with van der Waals surface area (Å²) in [4.78, 5) is 7.99. The zero-order valence-corrected chi connectivity index (χ0v) is 11.4. The number of hydrogen-bond donors (Lipinski definition) is 2. The van der Waals surface area contributed by atoms with E-state index in [1.807, 2.05) is 0 Å². The molecule has 98 valence electrons. The molecule has 18 heavy (non-hydrogen) atoms. The quantitative estimate of drug-likeness (QED) is 0.809. The number of aromatic amines is 1. The second kappa shape index (κ2) is 4.69. The van der Waals surface area contributed by atoms with Gasteiger partial charge in [-0.05, 0) is 18.5 Å². The van der Waals surface area contributed by atoms with Crippen molar-refractivity contribution in [3.8, 4) is 0 Å². The minimum absolute atomic E-state index is 0.00790. The third kappa shape index (κ3) is 3.08. The molecule has 1 unspecified atom stereocenters. The molecular formula is C9H12ClN5O2S. The van der Waals surface area contributed by atoms with Gasteiger partial charge in [-0.2, -0.15) is 15.1 Å². The fourth-order valence-corrected chi connectivity index (χ4v) is 2.81. The van der Waals surface area contributed by atoms with Crippen LogP contribution in [0.4, 0.5) is 5.82 Å². The molecule has 0 saturated heterocycles. The summed E-state index contributed by atoms with van der Waals surface area (Å²) in [7, 11) is -3.06. The van der Waals surface area contributed by atoms with Crippen LogP contribution in [-0.2, 0) is 9.84 Å². The van der Waals surface area contributed by atoms with Crippen molar-refractivity contribution in [3.05, 3.63) is 11.5 Å². The SMILES string of the molecule is CC(CS(C)(=O)=O)Nc1nc(Cl)nc2[nH]ncc12. The molecule has 0 bridgehead atoms. The van der Waals surface area contributed by atoms with E-state index < -0.39 is 9.84 Å². The Labute approximate surface area is 109 Å². The molecule has 2 aromatic rings. The zero-order chi connectivity index (χ0) is 13.3. The summed E-state index contributed by atoms with van der Waals surface area (Å²) in [6, 6.07) is -0.288. The number of H-pyrrole nitrogens is 1. The molecule has 0 spiro atoms. The van der Waals surface area contributed by atoms with E-state index in [0.717, 1.165) is 0 Å². The Kier molecular flexibility index (Phi) is 3.40. The van der Waals surface area contributed by atoms with E-state index in [1.54, 1.807) is 13.1 Å². The Morgan fingerprint density at radius 2 is 2.22 bits per heavy atom. The van der Waals surface area contributed by atoms with E-state index in [4.69, 9.17) is 11.6 Å². The number of aromatic nitrogens is 4. The second-order valence-electron chi connectivity index (χ2n) is 4.11. The fourth-order valence-electron chi connectivity index (χ4n) is 1.65. The highest BCUT2D eigenvalue weighted by molar-refractivity contribution is 7.90. The van der Waals surface area contributed by atoms with Crippen LogP contribution in [-0.4, -0.2) is 46.6 Å². The Hall–Kier alpha value is -1.41. The van der Waals surface area contributed by atoms with Gasteiger partial charge in [0.15, 0.2) is 5.65 Å². The first-order valence-electron chi connectivity index (χ1n) is 5.16. The van der Waals surface area contributed by atoms with Crippen LogP contribution in [0.5, 0.6) is 0 Å². The number of rotatable bonds is 4. The maximum Gasteiger partial charge on any atom is 0.226 e. The number of anilines is 1.